The van der Waals surface area contributed by atoms with Crippen molar-refractivity contribution in [1.29, 1.82) is 5.41 Å². The Bertz CT molecular complexity index is 595. The van der Waals surface area contributed by atoms with Gasteiger partial charge in [-0.05, 0) is 38.8 Å². The summed E-state index contributed by atoms with van der Waals surface area (Å²) in [6.45, 7) is 4.01. The first-order chi connectivity index (χ1) is 12.3. The van der Waals surface area contributed by atoms with Crippen LogP contribution >= 0.6 is 0 Å². The molecule has 4 N–H and O–H groups in total. The van der Waals surface area contributed by atoms with E-state index in [1.54, 1.807) is 0 Å². The molecule has 2 amide bonds. The maximum absolute atomic E-state index is 11.9. The van der Waals surface area contributed by atoms with E-state index < -0.39 is 0 Å². The Hall–Kier alpha value is -2.22. The molecule has 1 aromatic heterocycles. The summed E-state index contributed by atoms with van der Waals surface area (Å²) >= 11 is 0. The number of carbonyl (C=O) groups is 1. The molecule has 1 saturated heterocycles. The lowest BCUT2D eigenvalue weighted by Crippen LogP contribution is -2.32. The molecule has 1 aliphatic carbocycles. The highest BCUT2D eigenvalue weighted by Gasteiger charge is 2.24. The lowest BCUT2D eigenvalue weighted by molar-refractivity contribution is 0.251. The number of urea groups is 1. The first-order valence-electron chi connectivity index (χ1n) is 9.15. The minimum Gasteiger partial charge on any atom is -0.368 e. The second-order valence-electron chi connectivity index (χ2n) is 6.68. The Morgan fingerprint density at radius 1 is 1.20 bits per heavy atom. The summed E-state index contributed by atoms with van der Waals surface area (Å²) in [5.41, 5.74) is 0.504. The average molecular weight is 345 g/mol. The number of aromatic nitrogens is 2. The topological polar surface area (TPSA) is 106 Å². The summed E-state index contributed by atoms with van der Waals surface area (Å²) in [5.74, 6) is 0.946. The molecule has 136 valence electrons. The van der Waals surface area contributed by atoms with E-state index in [4.69, 9.17) is 5.41 Å². The molecule has 0 unspecified atom stereocenters. The van der Waals surface area contributed by atoms with Crippen LogP contribution in [0.1, 0.15) is 44.1 Å². The number of amides is 2. The fourth-order valence-electron chi connectivity index (χ4n) is 3.02. The van der Waals surface area contributed by atoms with Crippen molar-refractivity contribution in [2.75, 3.05) is 36.8 Å². The fourth-order valence-corrected chi connectivity index (χ4v) is 3.02. The van der Waals surface area contributed by atoms with E-state index in [0.29, 0.717) is 17.2 Å². The van der Waals surface area contributed by atoms with E-state index in [0.717, 1.165) is 39.0 Å². The van der Waals surface area contributed by atoms with Crippen molar-refractivity contribution in [3.05, 3.63) is 11.9 Å². The van der Waals surface area contributed by atoms with Gasteiger partial charge in [0, 0.05) is 25.3 Å². The number of anilines is 2. The normalized spacial score (nSPS) is 18.2. The maximum Gasteiger partial charge on any atom is 0.320 e. The largest absolute Gasteiger partial charge is 0.368 e. The zero-order valence-electron chi connectivity index (χ0n) is 14.6. The minimum atomic E-state index is -0.278. The van der Waals surface area contributed by atoms with E-state index in [2.05, 4.69) is 30.8 Å². The van der Waals surface area contributed by atoms with Gasteiger partial charge in [-0.15, -0.1) is 0 Å². The zero-order valence-corrected chi connectivity index (χ0v) is 14.6. The molecule has 0 atom stereocenters. The molecular formula is C17H27N7O. The molecule has 2 aliphatic rings. The smallest absolute Gasteiger partial charge is 0.320 e. The third kappa shape index (κ3) is 5.38. The first kappa shape index (κ1) is 17.6. The molecule has 8 heteroatoms. The number of nitrogens with zero attached hydrogens (tertiary/aromatic N) is 3. The highest BCUT2D eigenvalue weighted by atomic mass is 16.2. The number of carbonyl (C=O) groups excluding carboxylic acids is 1. The predicted octanol–water partition coefficient (Wildman–Crippen LogP) is 2.05. The average Bonchev–Trinajstić information content (AvgIpc) is 3.43. The van der Waals surface area contributed by atoms with Crippen LogP contribution in [0.25, 0.3) is 0 Å². The van der Waals surface area contributed by atoms with Crippen LogP contribution < -0.4 is 16.0 Å². The molecule has 8 nitrogen and oxygen atoms in total. The van der Waals surface area contributed by atoms with Gasteiger partial charge < -0.3 is 20.9 Å². The van der Waals surface area contributed by atoms with Crippen molar-refractivity contribution in [1.82, 2.24) is 20.2 Å². The predicted molar refractivity (Wildman–Crippen MR) is 98.5 cm³/mol. The minimum absolute atomic E-state index is 0.275. The van der Waals surface area contributed by atoms with Crippen LogP contribution in [-0.2, 0) is 0 Å². The van der Waals surface area contributed by atoms with Crippen molar-refractivity contribution < 1.29 is 4.79 Å². The molecule has 0 aromatic carbocycles. The van der Waals surface area contributed by atoms with Crippen LogP contribution in [0.2, 0.25) is 0 Å². The molecule has 2 fully saturated rings. The monoisotopic (exact) mass is 345 g/mol. The van der Waals surface area contributed by atoms with Crippen LogP contribution in [-0.4, -0.2) is 59.3 Å². The Balaban J connectivity index is 1.55. The van der Waals surface area contributed by atoms with Crippen molar-refractivity contribution in [2.45, 2.75) is 44.6 Å². The second kappa shape index (κ2) is 8.75. The Morgan fingerprint density at radius 3 is 2.60 bits per heavy atom. The molecule has 3 rings (SSSR count). The lowest BCUT2D eigenvalue weighted by atomic mass is 10.2. The van der Waals surface area contributed by atoms with Crippen LogP contribution in [0.3, 0.4) is 0 Å². The molecule has 1 saturated carbocycles. The number of hydrogen-bond acceptors (Lipinski definition) is 6. The highest BCUT2D eigenvalue weighted by molar-refractivity contribution is 5.97. The van der Waals surface area contributed by atoms with Crippen LogP contribution in [0.5, 0.6) is 0 Å². The maximum atomic E-state index is 11.9. The van der Waals surface area contributed by atoms with Gasteiger partial charge in [0.2, 0.25) is 0 Å². The van der Waals surface area contributed by atoms with Crippen LogP contribution in [0.4, 0.5) is 16.4 Å². The van der Waals surface area contributed by atoms with Crippen molar-refractivity contribution in [2.24, 2.45) is 0 Å². The molecule has 1 aliphatic heterocycles. The van der Waals surface area contributed by atoms with Crippen LogP contribution in [0.15, 0.2) is 6.33 Å². The number of rotatable bonds is 7. The van der Waals surface area contributed by atoms with Gasteiger partial charge in [-0.25, -0.2) is 14.8 Å². The van der Waals surface area contributed by atoms with E-state index in [1.807, 2.05) is 0 Å². The third-order valence-electron chi connectivity index (χ3n) is 4.59. The van der Waals surface area contributed by atoms with Gasteiger partial charge >= 0.3 is 6.03 Å². The van der Waals surface area contributed by atoms with Gasteiger partial charge in [0.15, 0.2) is 0 Å². The summed E-state index contributed by atoms with van der Waals surface area (Å²) < 4.78 is 0. The number of hydrogen-bond donors (Lipinski definition) is 4. The van der Waals surface area contributed by atoms with Crippen LogP contribution in [0, 0.1) is 5.41 Å². The number of nitrogens with one attached hydrogen (secondary N) is 4. The van der Waals surface area contributed by atoms with Crippen molar-refractivity contribution in [3.63, 3.8) is 0 Å². The third-order valence-corrected chi connectivity index (χ3v) is 4.59. The molecule has 1 aromatic rings. The standard InChI is InChI=1S/C17H27N7O/c18-11-14-15(19-7-10-24-8-3-1-2-4-9-24)20-12-21-16(14)23-17(25)22-13-5-6-13/h11-13,18H,1-10H2,(H3,19,20,21,22,23,25). The lowest BCUT2D eigenvalue weighted by Gasteiger charge is -2.20. The SMILES string of the molecule is N=Cc1c(NCCN2CCCCCC2)ncnc1NC(=O)NC1CC1. The fraction of sp³-hybridized carbons (Fsp3) is 0.647. The van der Waals surface area contributed by atoms with E-state index >= 15 is 0 Å². The quantitative estimate of drug-likeness (QED) is 0.566. The van der Waals surface area contributed by atoms with Gasteiger partial charge in [-0.2, -0.15) is 0 Å². The van der Waals surface area contributed by atoms with E-state index in [1.165, 1.54) is 38.2 Å². The molecule has 0 bridgehead atoms. The molecular weight excluding hydrogens is 318 g/mol. The molecule has 0 radical (unpaired) electrons. The summed E-state index contributed by atoms with van der Waals surface area (Å²) in [5, 5.41) is 16.5. The summed E-state index contributed by atoms with van der Waals surface area (Å²) in [6, 6.07) is -0.00342. The van der Waals surface area contributed by atoms with Gasteiger partial charge in [0.05, 0.1) is 5.56 Å². The summed E-state index contributed by atoms with van der Waals surface area (Å²) in [4.78, 5) is 22.7. The first-order valence-corrected chi connectivity index (χ1v) is 9.15. The van der Waals surface area contributed by atoms with Crippen molar-refractivity contribution in [3.8, 4) is 0 Å². The molecule has 2 heterocycles. The van der Waals surface area contributed by atoms with Gasteiger partial charge in [0.1, 0.15) is 18.0 Å². The Labute approximate surface area is 148 Å². The molecule has 25 heavy (non-hydrogen) atoms. The highest BCUT2D eigenvalue weighted by Crippen LogP contribution is 2.20. The zero-order chi connectivity index (χ0) is 17.5. The van der Waals surface area contributed by atoms with E-state index in [9.17, 15) is 4.79 Å². The molecule has 0 spiro atoms. The number of likely N-dealkylation sites (tertiary alicyclic amines) is 1. The van der Waals surface area contributed by atoms with Gasteiger partial charge in [-0.3, -0.25) is 5.32 Å². The second-order valence-corrected chi connectivity index (χ2v) is 6.68. The van der Waals surface area contributed by atoms with Crippen molar-refractivity contribution >= 4 is 23.9 Å². The Morgan fingerprint density at radius 2 is 1.92 bits per heavy atom. The summed E-state index contributed by atoms with van der Waals surface area (Å²) in [6.07, 6.45) is 9.83. The Kier molecular flexibility index (Phi) is 6.16. The van der Waals surface area contributed by atoms with Gasteiger partial charge in [-0.1, -0.05) is 12.8 Å². The summed E-state index contributed by atoms with van der Waals surface area (Å²) in [7, 11) is 0. The van der Waals surface area contributed by atoms with E-state index in [-0.39, 0.29) is 12.1 Å². The van der Waals surface area contributed by atoms with Gasteiger partial charge in [0.25, 0.3) is 0 Å².